The number of amides is 2. The molecule has 0 bridgehead atoms. The maximum absolute atomic E-state index is 12.2. The van der Waals surface area contributed by atoms with Gasteiger partial charge in [0.05, 0.1) is 13.2 Å². The van der Waals surface area contributed by atoms with E-state index >= 15 is 0 Å². The molecule has 0 aromatic heterocycles. The van der Waals surface area contributed by atoms with Gasteiger partial charge in [0.2, 0.25) is 0 Å². The summed E-state index contributed by atoms with van der Waals surface area (Å²) in [6.07, 6.45) is 0. The van der Waals surface area contributed by atoms with E-state index in [2.05, 4.69) is 33.0 Å². The third-order valence-electron chi connectivity index (χ3n) is 3.88. The summed E-state index contributed by atoms with van der Waals surface area (Å²) < 4.78 is 5.12. The van der Waals surface area contributed by atoms with E-state index in [1.165, 1.54) is 4.90 Å². The number of rotatable bonds is 5. The second kappa shape index (κ2) is 7.47. The smallest absolute Gasteiger partial charge is 0.328 e. The number of hydrogen-bond acceptors (Lipinski definition) is 3. The number of urea groups is 1. The van der Waals surface area contributed by atoms with E-state index in [9.17, 15) is 9.59 Å². The minimum atomic E-state index is -1.02. The lowest BCUT2D eigenvalue weighted by atomic mass is 9.85. The second-order valence-electron chi connectivity index (χ2n) is 5.96. The molecule has 0 aromatic rings. The van der Waals surface area contributed by atoms with Crippen molar-refractivity contribution in [1.82, 2.24) is 10.2 Å². The minimum absolute atomic E-state index is 0.0561. The van der Waals surface area contributed by atoms with Crippen molar-refractivity contribution >= 4 is 12.0 Å². The highest BCUT2D eigenvalue weighted by Gasteiger charge is 2.33. The van der Waals surface area contributed by atoms with Crippen LogP contribution in [0.5, 0.6) is 0 Å². The summed E-state index contributed by atoms with van der Waals surface area (Å²) in [5.41, 5.74) is 0. The third-order valence-corrected chi connectivity index (χ3v) is 3.88. The van der Waals surface area contributed by atoms with Crippen LogP contribution in [0.3, 0.4) is 0 Å². The topological polar surface area (TPSA) is 78.9 Å². The maximum Gasteiger partial charge on any atom is 0.328 e. The average molecular weight is 286 g/mol. The van der Waals surface area contributed by atoms with Gasteiger partial charge in [-0.2, -0.15) is 0 Å². The number of hydrogen-bond donors (Lipinski definition) is 2. The van der Waals surface area contributed by atoms with E-state index in [-0.39, 0.29) is 12.6 Å². The van der Waals surface area contributed by atoms with Crippen LogP contribution in [0.25, 0.3) is 0 Å². The van der Waals surface area contributed by atoms with Crippen LogP contribution in [0.1, 0.15) is 27.7 Å². The number of carbonyl (C=O) groups excluding carboxylic acids is 1. The van der Waals surface area contributed by atoms with E-state index in [1.54, 1.807) is 0 Å². The number of aliphatic carboxylic acids is 1. The Morgan fingerprint density at radius 2 is 1.90 bits per heavy atom. The summed E-state index contributed by atoms with van der Waals surface area (Å²) in [7, 11) is 0. The first kappa shape index (κ1) is 16.8. The van der Waals surface area contributed by atoms with Crippen molar-refractivity contribution in [3.05, 3.63) is 0 Å². The summed E-state index contributed by atoms with van der Waals surface area (Å²) in [5.74, 6) is 0.290. The van der Waals surface area contributed by atoms with E-state index in [0.717, 1.165) is 0 Å². The normalized spacial score (nSPS) is 19.8. The highest BCUT2D eigenvalue weighted by Crippen LogP contribution is 2.19. The summed E-state index contributed by atoms with van der Waals surface area (Å²) in [4.78, 5) is 24.6. The summed E-state index contributed by atoms with van der Waals surface area (Å²) in [6.45, 7) is 9.85. The Morgan fingerprint density at radius 1 is 1.30 bits per heavy atom. The van der Waals surface area contributed by atoms with Gasteiger partial charge in [-0.3, -0.25) is 0 Å². The van der Waals surface area contributed by atoms with E-state index in [0.29, 0.717) is 37.5 Å². The Morgan fingerprint density at radius 3 is 2.40 bits per heavy atom. The molecule has 1 rings (SSSR count). The Labute approximate surface area is 120 Å². The molecule has 0 saturated carbocycles. The van der Waals surface area contributed by atoms with Gasteiger partial charge >= 0.3 is 12.0 Å². The van der Waals surface area contributed by atoms with Crippen LogP contribution in [0, 0.1) is 17.8 Å². The fourth-order valence-corrected chi connectivity index (χ4v) is 2.60. The van der Waals surface area contributed by atoms with Crippen molar-refractivity contribution in [1.29, 1.82) is 0 Å². The van der Waals surface area contributed by atoms with Gasteiger partial charge < -0.3 is 20.1 Å². The number of nitrogens with zero attached hydrogens (tertiary/aromatic N) is 1. The van der Waals surface area contributed by atoms with Gasteiger partial charge in [-0.1, -0.05) is 27.7 Å². The summed E-state index contributed by atoms with van der Waals surface area (Å²) in [6, 6.07) is -1.20. The molecule has 0 aliphatic carbocycles. The Bertz CT molecular complexity index is 336. The maximum atomic E-state index is 12.2. The van der Waals surface area contributed by atoms with Gasteiger partial charge in [-0.25, -0.2) is 9.59 Å². The van der Waals surface area contributed by atoms with Crippen LogP contribution in [-0.2, 0) is 9.53 Å². The number of morpholine rings is 1. The van der Waals surface area contributed by atoms with Crippen molar-refractivity contribution in [2.45, 2.75) is 33.7 Å². The highest BCUT2D eigenvalue weighted by atomic mass is 16.5. The molecule has 1 aliphatic rings. The molecule has 2 N–H and O–H groups in total. The molecule has 20 heavy (non-hydrogen) atoms. The Balaban J connectivity index is 2.58. The van der Waals surface area contributed by atoms with Gasteiger partial charge in [0.15, 0.2) is 6.04 Å². The predicted octanol–water partition coefficient (Wildman–Crippen LogP) is 1.41. The van der Waals surface area contributed by atoms with Crippen molar-refractivity contribution in [2.75, 3.05) is 26.3 Å². The van der Waals surface area contributed by atoms with Crippen LogP contribution in [-0.4, -0.2) is 54.4 Å². The molecule has 0 radical (unpaired) electrons. The molecule has 6 nitrogen and oxygen atoms in total. The van der Waals surface area contributed by atoms with Gasteiger partial charge in [0.1, 0.15) is 0 Å². The molecule has 116 valence electrons. The highest BCUT2D eigenvalue weighted by molar-refractivity contribution is 5.83. The molecule has 1 heterocycles. The van der Waals surface area contributed by atoms with Crippen LogP contribution in [0.4, 0.5) is 4.79 Å². The standard InChI is InChI=1S/C14H26N2O4/c1-9(2)11(10(3)4)7-15-14(19)16-5-6-20-8-12(16)13(17)18/h9-12H,5-8H2,1-4H3,(H,15,19)(H,17,18). The Hall–Kier alpha value is -1.30. The SMILES string of the molecule is CC(C)C(CNC(=O)N1CCOCC1C(=O)O)C(C)C. The van der Waals surface area contributed by atoms with Crippen molar-refractivity contribution in [2.24, 2.45) is 17.8 Å². The summed E-state index contributed by atoms with van der Waals surface area (Å²) in [5, 5.41) is 12.0. The van der Waals surface area contributed by atoms with Crippen LogP contribution < -0.4 is 5.32 Å². The van der Waals surface area contributed by atoms with Crippen LogP contribution >= 0.6 is 0 Å². The molecule has 2 amide bonds. The molecular formula is C14H26N2O4. The number of carboxylic acids is 1. The van der Waals surface area contributed by atoms with Crippen molar-refractivity contribution in [3.8, 4) is 0 Å². The third kappa shape index (κ3) is 4.37. The monoisotopic (exact) mass is 286 g/mol. The number of nitrogens with one attached hydrogen (secondary N) is 1. The van der Waals surface area contributed by atoms with Gasteiger partial charge in [0, 0.05) is 13.1 Å². The lowest BCUT2D eigenvalue weighted by molar-refractivity contribution is -0.147. The fourth-order valence-electron chi connectivity index (χ4n) is 2.60. The molecule has 6 heteroatoms. The molecule has 1 unspecified atom stereocenters. The zero-order valence-electron chi connectivity index (χ0n) is 12.8. The molecule has 1 fully saturated rings. The quantitative estimate of drug-likeness (QED) is 0.801. The first-order chi connectivity index (χ1) is 9.34. The van der Waals surface area contributed by atoms with E-state index in [4.69, 9.17) is 9.84 Å². The molecule has 0 spiro atoms. The molecular weight excluding hydrogens is 260 g/mol. The fraction of sp³-hybridized carbons (Fsp3) is 0.857. The van der Waals surface area contributed by atoms with Gasteiger partial charge in [0.25, 0.3) is 0 Å². The van der Waals surface area contributed by atoms with Crippen LogP contribution in [0.2, 0.25) is 0 Å². The largest absolute Gasteiger partial charge is 0.480 e. The van der Waals surface area contributed by atoms with E-state index in [1.807, 2.05) is 0 Å². The molecule has 1 saturated heterocycles. The average Bonchev–Trinajstić information content (AvgIpc) is 2.37. The van der Waals surface area contributed by atoms with Gasteiger partial charge in [-0.15, -0.1) is 0 Å². The first-order valence-corrected chi connectivity index (χ1v) is 7.19. The van der Waals surface area contributed by atoms with Crippen molar-refractivity contribution < 1.29 is 19.4 Å². The molecule has 1 aliphatic heterocycles. The lowest BCUT2D eigenvalue weighted by Crippen LogP contribution is -2.56. The van der Waals surface area contributed by atoms with Crippen LogP contribution in [0.15, 0.2) is 0 Å². The van der Waals surface area contributed by atoms with Gasteiger partial charge in [-0.05, 0) is 17.8 Å². The predicted molar refractivity (Wildman–Crippen MR) is 75.5 cm³/mol. The van der Waals surface area contributed by atoms with E-state index < -0.39 is 12.0 Å². The zero-order chi connectivity index (χ0) is 15.3. The molecule has 0 aromatic carbocycles. The first-order valence-electron chi connectivity index (χ1n) is 7.19. The molecule has 1 atom stereocenters. The second-order valence-corrected chi connectivity index (χ2v) is 5.96. The Kier molecular flexibility index (Phi) is 6.26. The zero-order valence-corrected chi connectivity index (χ0v) is 12.8. The van der Waals surface area contributed by atoms with Crippen molar-refractivity contribution in [3.63, 3.8) is 0 Å². The number of carboxylic acid groups (broad SMARTS) is 1. The number of ether oxygens (including phenoxy) is 1. The summed E-state index contributed by atoms with van der Waals surface area (Å²) >= 11 is 0. The minimum Gasteiger partial charge on any atom is -0.480 e. The number of carbonyl (C=O) groups is 2. The lowest BCUT2D eigenvalue weighted by Gasteiger charge is -2.34.